The first-order chi connectivity index (χ1) is 9.81. The highest BCUT2D eigenvalue weighted by Gasteiger charge is 2.06. The zero-order valence-electron chi connectivity index (χ0n) is 11.1. The van der Waals surface area contributed by atoms with E-state index in [9.17, 15) is 0 Å². The molecule has 3 heteroatoms. The van der Waals surface area contributed by atoms with Gasteiger partial charge in [0.1, 0.15) is 12.4 Å². The summed E-state index contributed by atoms with van der Waals surface area (Å²) in [6, 6.07) is 15.8. The minimum Gasteiger partial charge on any atom is -0.479 e. The molecule has 0 spiro atoms. The fourth-order valence-electron chi connectivity index (χ4n) is 1.84. The van der Waals surface area contributed by atoms with E-state index in [1.54, 1.807) is 0 Å². The standard InChI is InChI=1S/C17H16BrNO/c18-16-10-4-9-15(11-12-19)17(16)20-13-5-8-14-6-2-1-3-7-14/h1-4,6-7,9-10H,11-13,19H2. The monoisotopic (exact) mass is 329 g/mol. The van der Waals surface area contributed by atoms with Gasteiger partial charge in [-0.25, -0.2) is 0 Å². The fourth-order valence-corrected chi connectivity index (χ4v) is 2.36. The molecule has 2 N–H and O–H groups in total. The van der Waals surface area contributed by atoms with Crippen molar-refractivity contribution in [3.63, 3.8) is 0 Å². The van der Waals surface area contributed by atoms with E-state index in [2.05, 4.69) is 27.8 Å². The average Bonchev–Trinajstić information content (AvgIpc) is 2.47. The van der Waals surface area contributed by atoms with Gasteiger partial charge in [-0.2, -0.15) is 0 Å². The van der Waals surface area contributed by atoms with E-state index in [0.29, 0.717) is 13.2 Å². The molecule has 2 rings (SSSR count). The molecule has 0 radical (unpaired) electrons. The Labute approximate surface area is 128 Å². The van der Waals surface area contributed by atoms with Gasteiger partial charge in [0, 0.05) is 5.56 Å². The molecule has 2 aromatic rings. The van der Waals surface area contributed by atoms with Crippen LogP contribution in [0.1, 0.15) is 11.1 Å². The number of rotatable bonds is 4. The normalized spacial score (nSPS) is 9.70. The molecule has 0 aliphatic rings. The van der Waals surface area contributed by atoms with E-state index in [1.165, 1.54) is 0 Å². The van der Waals surface area contributed by atoms with Crippen molar-refractivity contribution in [2.24, 2.45) is 5.73 Å². The number of hydrogen-bond donors (Lipinski definition) is 1. The Morgan fingerprint density at radius 2 is 1.85 bits per heavy atom. The van der Waals surface area contributed by atoms with Crippen molar-refractivity contribution < 1.29 is 4.74 Å². The maximum atomic E-state index is 5.77. The number of para-hydroxylation sites is 1. The molecule has 20 heavy (non-hydrogen) atoms. The highest BCUT2D eigenvalue weighted by molar-refractivity contribution is 9.10. The molecule has 0 bridgehead atoms. The summed E-state index contributed by atoms with van der Waals surface area (Å²) in [6.07, 6.45) is 0.793. The van der Waals surface area contributed by atoms with Crippen LogP contribution in [0.5, 0.6) is 5.75 Å². The Bertz CT molecular complexity index is 614. The third-order valence-electron chi connectivity index (χ3n) is 2.76. The van der Waals surface area contributed by atoms with Crippen LogP contribution in [0.3, 0.4) is 0 Å². The van der Waals surface area contributed by atoms with Crippen LogP contribution in [0.4, 0.5) is 0 Å². The molecule has 0 unspecified atom stereocenters. The lowest BCUT2D eigenvalue weighted by molar-refractivity contribution is 0.363. The minimum atomic E-state index is 0.356. The van der Waals surface area contributed by atoms with Gasteiger partial charge >= 0.3 is 0 Å². The van der Waals surface area contributed by atoms with Crippen molar-refractivity contribution >= 4 is 15.9 Å². The third-order valence-corrected chi connectivity index (χ3v) is 3.38. The summed E-state index contributed by atoms with van der Waals surface area (Å²) >= 11 is 3.50. The summed E-state index contributed by atoms with van der Waals surface area (Å²) in [5.74, 6) is 6.93. The number of hydrogen-bond acceptors (Lipinski definition) is 2. The summed E-state index contributed by atoms with van der Waals surface area (Å²) in [5.41, 5.74) is 7.70. The van der Waals surface area contributed by atoms with Crippen molar-refractivity contribution in [3.05, 3.63) is 64.1 Å². The van der Waals surface area contributed by atoms with E-state index >= 15 is 0 Å². The van der Waals surface area contributed by atoms with Gasteiger partial charge in [0.05, 0.1) is 4.47 Å². The second-order valence-electron chi connectivity index (χ2n) is 4.22. The molecule has 0 atom stereocenters. The molecule has 2 nitrogen and oxygen atoms in total. The summed E-state index contributed by atoms with van der Waals surface area (Å²) in [4.78, 5) is 0. The largest absolute Gasteiger partial charge is 0.479 e. The lowest BCUT2D eigenvalue weighted by Crippen LogP contribution is -2.06. The van der Waals surface area contributed by atoms with E-state index in [-0.39, 0.29) is 0 Å². The van der Waals surface area contributed by atoms with Crippen molar-refractivity contribution in [3.8, 4) is 17.6 Å². The van der Waals surface area contributed by atoms with E-state index in [4.69, 9.17) is 10.5 Å². The van der Waals surface area contributed by atoms with Crippen LogP contribution in [-0.4, -0.2) is 13.2 Å². The second-order valence-corrected chi connectivity index (χ2v) is 5.08. The van der Waals surface area contributed by atoms with Crippen molar-refractivity contribution in [1.82, 2.24) is 0 Å². The Balaban J connectivity index is 2.03. The lowest BCUT2D eigenvalue weighted by Gasteiger charge is -2.10. The van der Waals surface area contributed by atoms with Gasteiger partial charge in [-0.1, -0.05) is 42.2 Å². The molecular weight excluding hydrogens is 314 g/mol. The Hall–Kier alpha value is -1.76. The number of ether oxygens (including phenoxy) is 1. The smallest absolute Gasteiger partial charge is 0.149 e. The van der Waals surface area contributed by atoms with Crippen molar-refractivity contribution in [1.29, 1.82) is 0 Å². The predicted octanol–water partition coefficient (Wildman–Crippen LogP) is 3.38. The fraction of sp³-hybridized carbons (Fsp3) is 0.176. The van der Waals surface area contributed by atoms with Crippen LogP contribution in [0.2, 0.25) is 0 Å². The molecule has 0 aliphatic carbocycles. The Morgan fingerprint density at radius 1 is 1.05 bits per heavy atom. The number of halogens is 1. The third kappa shape index (κ3) is 4.12. The zero-order chi connectivity index (χ0) is 14.2. The first-order valence-corrected chi connectivity index (χ1v) is 7.24. The quantitative estimate of drug-likeness (QED) is 0.873. The molecule has 0 aromatic heterocycles. The molecule has 0 saturated carbocycles. The molecule has 0 aliphatic heterocycles. The first-order valence-electron chi connectivity index (χ1n) is 6.45. The number of benzene rings is 2. The van der Waals surface area contributed by atoms with E-state index in [0.717, 1.165) is 27.8 Å². The Morgan fingerprint density at radius 3 is 2.60 bits per heavy atom. The Kier molecular flexibility index (Phi) is 5.67. The topological polar surface area (TPSA) is 35.2 Å². The highest BCUT2D eigenvalue weighted by Crippen LogP contribution is 2.29. The van der Waals surface area contributed by atoms with E-state index in [1.807, 2.05) is 48.5 Å². The lowest BCUT2D eigenvalue weighted by atomic mass is 10.1. The number of nitrogens with two attached hydrogens (primary N) is 1. The van der Waals surface area contributed by atoms with E-state index < -0.39 is 0 Å². The van der Waals surface area contributed by atoms with Crippen LogP contribution in [0.15, 0.2) is 53.0 Å². The first kappa shape index (κ1) is 14.6. The molecule has 2 aromatic carbocycles. The van der Waals surface area contributed by atoms with Crippen LogP contribution in [-0.2, 0) is 6.42 Å². The van der Waals surface area contributed by atoms with Crippen LogP contribution >= 0.6 is 15.9 Å². The zero-order valence-corrected chi connectivity index (χ0v) is 12.7. The average molecular weight is 330 g/mol. The van der Waals surface area contributed by atoms with Gasteiger partial charge in [-0.05, 0) is 52.7 Å². The maximum Gasteiger partial charge on any atom is 0.149 e. The van der Waals surface area contributed by atoms with Gasteiger partial charge < -0.3 is 10.5 Å². The predicted molar refractivity (Wildman–Crippen MR) is 85.7 cm³/mol. The van der Waals surface area contributed by atoms with Gasteiger partial charge in [0.2, 0.25) is 0 Å². The summed E-state index contributed by atoms with van der Waals surface area (Å²) in [6.45, 7) is 0.956. The molecule has 0 heterocycles. The van der Waals surface area contributed by atoms with Crippen LogP contribution < -0.4 is 10.5 Å². The highest BCUT2D eigenvalue weighted by atomic mass is 79.9. The second kappa shape index (κ2) is 7.74. The van der Waals surface area contributed by atoms with Crippen LogP contribution in [0, 0.1) is 11.8 Å². The summed E-state index contributed by atoms with van der Waals surface area (Å²) in [5, 5.41) is 0. The van der Waals surface area contributed by atoms with Gasteiger partial charge in [0.25, 0.3) is 0 Å². The van der Waals surface area contributed by atoms with Crippen molar-refractivity contribution in [2.75, 3.05) is 13.2 Å². The molecule has 102 valence electrons. The SMILES string of the molecule is NCCc1cccc(Br)c1OCC#Cc1ccccc1. The summed E-state index contributed by atoms with van der Waals surface area (Å²) in [7, 11) is 0. The minimum absolute atomic E-state index is 0.356. The van der Waals surface area contributed by atoms with Crippen LogP contribution in [0.25, 0.3) is 0 Å². The summed E-state index contributed by atoms with van der Waals surface area (Å²) < 4.78 is 6.70. The van der Waals surface area contributed by atoms with Crippen molar-refractivity contribution in [2.45, 2.75) is 6.42 Å². The maximum absolute atomic E-state index is 5.77. The molecule has 0 fully saturated rings. The van der Waals surface area contributed by atoms with Gasteiger partial charge in [-0.3, -0.25) is 0 Å². The molecule has 0 saturated heterocycles. The van der Waals surface area contributed by atoms with Gasteiger partial charge in [0.15, 0.2) is 0 Å². The molecular formula is C17H16BrNO. The molecule has 0 amide bonds. The van der Waals surface area contributed by atoms with Gasteiger partial charge in [-0.15, -0.1) is 0 Å².